The molecule has 0 spiro atoms. The summed E-state index contributed by atoms with van der Waals surface area (Å²) in [7, 11) is 0. The van der Waals surface area contributed by atoms with Crippen molar-refractivity contribution < 1.29 is 0 Å². The van der Waals surface area contributed by atoms with E-state index in [1.54, 1.807) is 66.7 Å². The second kappa shape index (κ2) is 33.8. The second-order valence-electron chi connectivity index (χ2n) is 32.9. The van der Waals surface area contributed by atoms with Crippen LogP contribution >= 0.6 is 0 Å². The van der Waals surface area contributed by atoms with Crippen LogP contribution in [0.25, 0.3) is 269 Å². The van der Waals surface area contributed by atoms with Crippen LogP contribution < -0.4 is 0 Å². The molecule has 0 aliphatic heterocycles. The Morgan fingerprint density at radius 1 is 0.162 bits per heavy atom. The summed E-state index contributed by atoms with van der Waals surface area (Å²) >= 11 is 0. The van der Waals surface area contributed by atoms with E-state index in [-0.39, 0.29) is 96.1 Å². The predicted molar refractivity (Wildman–Crippen MR) is 558 cm³/mol. The normalized spacial score (nSPS) is 10.7. The molecule has 1 heterocycles. The Bertz CT molecular complexity index is 10600. The SMILES string of the molecule is [C-]#[N+]c1c([N+]#[C-])c([N+]#[C-])c2c(c1C#N)c1cc(C#N)c(C#N)cc1c1c3ccccc3c3ccccc3c21.[C-]#[N+]c1cc2c3cc(C#N)c(C#N)cc3c3c4ccccc4c4ccccc4c3c2c([N+]#[C-])c1[N+]#[C-].[C-]#[N+]c1cc2c3cc([N+]#[C-])c([N+]#[C-])cc3c3c4ccccc4c4ccccc4c3c2cc1C#N.[C-]#[N+]c1nc2c3cc(C#N)c(C#N)cc3c3c4ccccc4c4ccccc4c3c2nc1[N+]#[C-]. The van der Waals surface area contributed by atoms with E-state index in [1.165, 1.54) is 0 Å². The van der Waals surface area contributed by atoms with E-state index in [1.807, 2.05) is 164 Å². The highest BCUT2D eigenvalue weighted by Crippen LogP contribution is 2.58. The maximum Gasteiger partial charge on any atom is 0.294 e. The molecule has 0 atom stereocenters. The molecule has 632 valence electrons. The molecular formula is C121H43N21. The molecule has 24 rings (SSSR count). The molecule has 0 aliphatic rings. The van der Waals surface area contributed by atoms with Crippen molar-refractivity contribution >= 4 is 279 Å². The third kappa shape index (κ3) is 12.4. The molecule has 0 saturated carbocycles. The van der Waals surface area contributed by atoms with Gasteiger partial charge in [0, 0.05) is 16.2 Å². The molecule has 24 aromatic rings. The first-order valence-electron chi connectivity index (χ1n) is 43.1. The Kier molecular flexibility index (Phi) is 20.3. The summed E-state index contributed by atoms with van der Waals surface area (Å²) in [5.41, 5.74) is 3.27. The summed E-state index contributed by atoms with van der Waals surface area (Å²) < 4.78 is 0. The lowest BCUT2D eigenvalue weighted by molar-refractivity contribution is 1.35. The number of hydrogen-bond acceptors (Lipinski definition) is 10. The van der Waals surface area contributed by atoms with Crippen LogP contribution in [0, 0.1) is 163 Å². The molecule has 0 fully saturated rings. The van der Waals surface area contributed by atoms with Crippen molar-refractivity contribution in [2.75, 3.05) is 0 Å². The van der Waals surface area contributed by atoms with E-state index >= 15 is 0 Å². The van der Waals surface area contributed by atoms with E-state index in [4.69, 9.17) is 72.3 Å². The van der Waals surface area contributed by atoms with Gasteiger partial charge in [-0.2, -0.15) is 42.1 Å². The average molecular weight is 1790 g/mol. The van der Waals surface area contributed by atoms with Gasteiger partial charge in [-0.05, 0) is 237 Å². The van der Waals surface area contributed by atoms with Crippen molar-refractivity contribution in [3.8, 4) is 48.6 Å². The predicted octanol–water partition coefficient (Wildman–Crippen LogP) is 33.6. The molecule has 21 nitrogen and oxygen atoms in total. The number of benzene rings is 23. The number of fused-ring (bicyclic) bond motifs is 44. The zero-order valence-electron chi connectivity index (χ0n) is 73.2. The monoisotopic (exact) mass is 1790 g/mol. The molecule has 0 aliphatic carbocycles. The maximum absolute atomic E-state index is 10.3. The van der Waals surface area contributed by atoms with Crippen LogP contribution in [-0.4, -0.2) is 9.97 Å². The van der Waals surface area contributed by atoms with Crippen molar-refractivity contribution in [1.29, 1.82) is 42.1 Å². The van der Waals surface area contributed by atoms with E-state index in [2.05, 4.69) is 142 Å². The second-order valence-corrected chi connectivity index (χ2v) is 32.9. The molecular weight excluding hydrogens is 1750 g/mol. The smallest absolute Gasteiger partial charge is 0.294 e. The number of aromatic nitrogens is 2. The molecule has 142 heavy (non-hydrogen) atoms. The van der Waals surface area contributed by atoms with E-state index in [0.29, 0.717) is 70.8 Å². The van der Waals surface area contributed by atoms with Gasteiger partial charge in [-0.1, -0.05) is 225 Å². The number of hydrogen-bond donors (Lipinski definition) is 0. The van der Waals surface area contributed by atoms with Gasteiger partial charge in [-0.3, -0.25) is 38.8 Å². The molecule has 0 unspecified atom stereocenters. The first-order valence-corrected chi connectivity index (χ1v) is 43.1. The number of nitriles is 8. The Balaban J connectivity index is 0.000000112. The van der Waals surface area contributed by atoms with Gasteiger partial charge in [0.25, 0.3) is 11.6 Å². The lowest BCUT2D eigenvalue weighted by Crippen LogP contribution is -1.94. The topological polar surface area (TPSA) is 264 Å². The van der Waals surface area contributed by atoms with Gasteiger partial charge in [0.2, 0.25) is 33.8 Å². The maximum atomic E-state index is 10.3. The fourth-order valence-electron chi connectivity index (χ4n) is 20.7. The van der Waals surface area contributed by atoms with Crippen molar-refractivity contribution in [1.82, 2.24) is 9.97 Å². The molecule has 0 N–H and O–H groups in total. The van der Waals surface area contributed by atoms with Gasteiger partial charge < -0.3 is 9.69 Å². The lowest BCUT2D eigenvalue weighted by Gasteiger charge is -2.19. The molecule has 23 aromatic carbocycles. The van der Waals surface area contributed by atoms with Gasteiger partial charge in [0.1, 0.15) is 36.4 Å². The zero-order chi connectivity index (χ0) is 98.3. The average Bonchev–Trinajstić information content (AvgIpc) is 0.738. The Morgan fingerprint density at radius 2 is 0.401 bits per heavy atom. The zero-order valence-corrected chi connectivity index (χ0v) is 73.2. The van der Waals surface area contributed by atoms with Gasteiger partial charge >= 0.3 is 0 Å². The first kappa shape index (κ1) is 85.4. The number of nitrogens with zero attached hydrogens (tertiary/aromatic N) is 21. The quantitative estimate of drug-likeness (QED) is 0.102. The van der Waals surface area contributed by atoms with Crippen LogP contribution in [0.2, 0.25) is 0 Å². The summed E-state index contributed by atoms with van der Waals surface area (Å²) in [6, 6.07) is 99.5. The van der Waals surface area contributed by atoms with Crippen LogP contribution in [0.3, 0.4) is 0 Å². The minimum atomic E-state index is -0.186. The fourth-order valence-corrected chi connectivity index (χ4v) is 20.7. The van der Waals surface area contributed by atoms with Crippen LogP contribution in [-0.2, 0) is 0 Å². The molecule has 0 amide bonds. The largest absolute Gasteiger partial charge is 0.370 e. The fraction of sp³-hybridized carbons (Fsp3) is 0. The van der Waals surface area contributed by atoms with Crippen LogP contribution in [0.1, 0.15) is 44.5 Å². The van der Waals surface area contributed by atoms with Crippen molar-refractivity contribution in [3.05, 3.63) is 431 Å². The Morgan fingerprint density at radius 3 is 0.746 bits per heavy atom. The first-order chi connectivity index (χ1) is 69.7. The van der Waals surface area contributed by atoms with E-state index < -0.39 is 0 Å². The van der Waals surface area contributed by atoms with Gasteiger partial charge in [0.05, 0.1) is 116 Å². The summed E-state index contributed by atoms with van der Waals surface area (Å²) in [6.07, 6.45) is 0. The summed E-state index contributed by atoms with van der Waals surface area (Å²) in [4.78, 5) is 48.5. The Hall–Kier alpha value is -23.3. The highest BCUT2D eigenvalue weighted by atomic mass is 15.0. The van der Waals surface area contributed by atoms with Gasteiger partial charge in [-0.15, -0.1) is 9.97 Å². The highest BCUT2D eigenvalue weighted by molar-refractivity contribution is 6.46. The molecule has 21 heteroatoms. The standard InChI is InChI=1S/C32H10N6.C31H11N5.C30H12N4.C28H10N6/c1-36-30-25(16-35)27-24-13-18(15-34)17(14-33)12-23(24)26-21-10-6-4-8-19(21)20-9-5-7-11-22(20)28(26)29(27)31(37-2)32(30)38-3;1-34-26-14-25-23-12-17(15-32)18(16-33)13-24(23)27-21-10-6-4-8-19(21)20-9-5-7-11-22(20)28(27)29(25)31(36-3)30(26)35-2;1-32-26-13-22-23-14-27(33-2)28(34-3)15-25(23)30-21-11-7-5-9-19(21)18-8-4-6-10-20(18)29(30)24(22)12-17(26)16-31;1-31-27-28(32-2)34-26-24-20-10-6-4-8-18(20)17-7-3-5-9-19(17)23(24)21-11-15(13-29)16(14-30)12-22(21)25(26)33-27/h4-13H;4-14H;4-15H;3-12H. The van der Waals surface area contributed by atoms with E-state index in [9.17, 15) is 42.1 Å². The van der Waals surface area contributed by atoms with Crippen LogP contribution in [0.4, 0.5) is 62.8 Å². The lowest BCUT2D eigenvalue weighted by atomic mass is 9.83. The van der Waals surface area contributed by atoms with Gasteiger partial charge in [0.15, 0.2) is 28.4 Å². The Labute approximate surface area is 804 Å². The van der Waals surface area contributed by atoms with E-state index in [0.717, 1.165) is 156 Å². The summed E-state index contributed by atoms with van der Waals surface area (Å²) in [5.74, 6) is -0.148. The third-order valence-corrected chi connectivity index (χ3v) is 26.4. The molecule has 0 radical (unpaired) electrons. The van der Waals surface area contributed by atoms with Crippen molar-refractivity contribution in [2.45, 2.75) is 0 Å². The molecule has 0 saturated heterocycles. The molecule has 0 bridgehead atoms. The minimum absolute atomic E-state index is 0.00444. The minimum Gasteiger partial charge on any atom is -0.370 e. The van der Waals surface area contributed by atoms with Crippen LogP contribution in [0.15, 0.2) is 261 Å². The summed E-state index contributed by atoms with van der Waals surface area (Å²) in [6.45, 7) is 85.0. The van der Waals surface area contributed by atoms with Crippen molar-refractivity contribution in [2.24, 2.45) is 0 Å². The summed E-state index contributed by atoms with van der Waals surface area (Å²) in [5, 5.41) is 110. The third-order valence-electron chi connectivity index (χ3n) is 26.4. The number of rotatable bonds is 0. The molecule has 1 aromatic heterocycles. The highest BCUT2D eigenvalue weighted by Gasteiger charge is 2.31. The van der Waals surface area contributed by atoms with Crippen LogP contribution in [0.5, 0.6) is 0 Å². The van der Waals surface area contributed by atoms with Crippen molar-refractivity contribution in [3.63, 3.8) is 0 Å². The van der Waals surface area contributed by atoms with Gasteiger partial charge in [-0.25, -0.2) is 4.85 Å².